The molecule has 1 amide bonds. The minimum Gasteiger partial charge on any atom is -0.483 e. The van der Waals surface area contributed by atoms with E-state index in [0.29, 0.717) is 29.7 Å². The molecule has 0 N–H and O–H groups in total. The fraction of sp³-hybridized carbons (Fsp3) is 0.217. The van der Waals surface area contributed by atoms with Crippen molar-refractivity contribution in [2.75, 3.05) is 17.4 Å². The van der Waals surface area contributed by atoms with Gasteiger partial charge in [-0.3, -0.25) is 4.79 Å². The number of anilines is 1. The van der Waals surface area contributed by atoms with Crippen LogP contribution in [0.25, 0.3) is 0 Å². The second kappa shape index (κ2) is 8.52. The molecule has 0 saturated heterocycles. The fourth-order valence-corrected chi connectivity index (χ4v) is 4.04. The van der Waals surface area contributed by atoms with Crippen molar-refractivity contribution in [2.45, 2.75) is 20.0 Å². The van der Waals surface area contributed by atoms with E-state index in [1.807, 2.05) is 43.7 Å². The number of para-hydroxylation sites is 1. The Kier molecular flexibility index (Phi) is 5.84. The number of ether oxygens (including phenoxy) is 1. The Morgan fingerprint density at radius 3 is 2.76 bits per heavy atom. The Balaban J connectivity index is 1.60. The van der Waals surface area contributed by atoms with Crippen molar-refractivity contribution in [1.82, 2.24) is 4.57 Å². The van der Waals surface area contributed by atoms with Crippen LogP contribution in [-0.4, -0.2) is 23.0 Å². The highest BCUT2D eigenvalue weighted by molar-refractivity contribution is 6.30. The first kappa shape index (κ1) is 19.9. The van der Waals surface area contributed by atoms with E-state index in [-0.39, 0.29) is 12.5 Å². The molecule has 2 aromatic carbocycles. The highest BCUT2D eigenvalue weighted by Gasteiger charge is 2.25. The summed E-state index contributed by atoms with van der Waals surface area (Å²) in [6, 6.07) is 17.5. The minimum atomic E-state index is -0.0932. The van der Waals surface area contributed by atoms with Crippen LogP contribution in [0.3, 0.4) is 0 Å². The van der Waals surface area contributed by atoms with Crippen LogP contribution in [0, 0.1) is 13.3 Å². The van der Waals surface area contributed by atoms with Gasteiger partial charge in [0.15, 0.2) is 6.61 Å². The number of benzene rings is 2. The van der Waals surface area contributed by atoms with Crippen LogP contribution < -0.4 is 9.64 Å². The maximum atomic E-state index is 13.1. The summed E-state index contributed by atoms with van der Waals surface area (Å²) in [7, 11) is 0. The summed E-state index contributed by atoms with van der Waals surface area (Å²) in [5, 5.41) is 0.646. The zero-order valence-electron chi connectivity index (χ0n) is 16.1. The summed E-state index contributed by atoms with van der Waals surface area (Å²) in [5.74, 6) is 1.01. The summed E-state index contributed by atoms with van der Waals surface area (Å²) in [6.07, 6.45) is 1.98. The summed E-state index contributed by atoms with van der Waals surface area (Å²) in [6.45, 7) is 3.05. The molecular weight excluding hydrogens is 407 g/mol. The molecule has 4 rings (SSSR count). The average molecular weight is 428 g/mol. The number of hydrogen-bond acceptors (Lipinski definition) is 2. The van der Waals surface area contributed by atoms with E-state index in [2.05, 4.69) is 16.7 Å². The molecule has 1 aromatic heterocycles. The zero-order chi connectivity index (χ0) is 20.4. The molecule has 4 nitrogen and oxygen atoms in total. The second-order valence-corrected chi connectivity index (χ2v) is 7.75. The Morgan fingerprint density at radius 2 is 1.97 bits per heavy atom. The lowest BCUT2D eigenvalue weighted by atomic mass is 10.1. The highest BCUT2D eigenvalue weighted by atomic mass is 35.5. The maximum Gasteiger partial charge on any atom is 0.265 e. The fourth-order valence-electron chi connectivity index (χ4n) is 3.66. The lowest BCUT2D eigenvalue weighted by molar-refractivity contribution is -0.120. The quantitative estimate of drug-likeness (QED) is 0.523. The number of carbonyl (C=O) groups is 1. The second-order valence-electron chi connectivity index (χ2n) is 7.00. The van der Waals surface area contributed by atoms with Gasteiger partial charge in [0.05, 0.1) is 6.54 Å². The van der Waals surface area contributed by atoms with Crippen molar-refractivity contribution >= 4 is 34.8 Å². The van der Waals surface area contributed by atoms with Gasteiger partial charge in [-0.1, -0.05) is 29.8 Å². The molecule has 2 heterocycles. The number of aromatic nitrogens is 1. The zero-order valence-corrected chi connectivity index (χ0v) is 17.6. The largest absolute Gasteiger partial charge is 0.483 e. The minimum absolute atomic E-state index is 0.0435. The number of halogens is 2. The van der Waals surface area contributed by atoms with Crippen LogP contribution >= 0.6 is 23.2 Å². The highest BCUT2D eigenvalue weighted by Crippen LogP contribution is 2.30. The first-order valence-electron chi connectivity index (χ1n) is 9.41. The molecule has 0 spiro atoms. The molecular formula is C23H21Cl2N2O2. The predicted molar refractivity (Wildman–Crippen MR) is 117 cm³/mol. The summed E-state index contributed by atoms with van der Waals surface area (Å²) < 4.78 is 8.02. The molecule has 1 aliphatic heterocycles. The van der Waals surface area contributed by atoms with E-state index < -0.39 is 0 Å². The number of fused-ring (bicyclic) bond motifs is 2. The van der Waals surface area contributed by atoms with Gasteiger partial charge in [0.1, 0.15) is 5.75 Å². The summed E-state index contributed by atoms with van der Waals surface area (Å²) in [4.78, 5) is 14.9. The van der Waals surface area contributed by atoms with E-state index in [4.69, 9.17) is 27.9 Å². The van der Waals surface area contributed by atoms with Crippen LogP contribution in [0.4, 0.5) is 5.69 Å². The predicted octanol–water partition coefficient (Wildman–Crippen LogP) is 5.22. The molecule has 6 heteroatoms. The Morgan fingerprint density at radius 1 is 1.14 bits per heavy atom. The molecule has 1 radical (unpaired) electrons. The average Bonchev–Trinajstić information content (AvgIpc) is 2.98. The molecule has 0 atom stereocenters. The van der Waals surface area contributed by atoms with Crippen molar-refractivity contribution in [3.8, 4) is 5.75 Å². The molecule has 1 aliphatic rings. The van der Waals surface area contributed by atoms with Gasteiger partial charge in [-0.25, -0.2) is 0 Å². The van der Waals surface area contributed by atoms with Gasteiger partial charge in [0.2, 0.25) is 0 Å². The van der Waals surface area contributed by atoms with Crippen LogP contribution in [0.1, 0.15) is 22.5 Å². The van der Waals surface area contributed by atoms with Crippen molar-refractivity contribution < 1.29 is 9.53 Å². The van der Waals surface area contributed by atoms with Gasteiger partial charge in [0, 0.05) is 40.9 Å². The van der Waals surface area contributed by atoms with Gasteiger partial charge in [0.25, 0.3) is 5.91 Å². The molecule has 0 saturated carbocycles. The summed E-state index contributed by atoms with van der Waals surface area (Å²) >= 11 is 11.9. The number of hydrogen-bond donors (Lipinski definition) is 0. The number of carbonyl (C=O) groups excluding carboxylic acids is 1. The van der Waals surface area contributed by atoms with Crippen molar-refractivity contribution in [3.63, 3.8) is 0 Å². The van der Waals surface area contributed by atoms with Crippen molar-refractivity contribution in [3.05, 3.63) is 88.6 Å². The molecule has 0 bridgehead atoms. The number of alkyl halides is 1. The molecule has 29 heavy (non-hydrogen) atoms. The lowest BCUT2D eigenvalue weighted by Crippen LogP contribution is -2.34. The molecule has 3 aromatic rings. The Hall–Kier alpha value is -2.43. The topological polar surface area (TPSA) is 34.5 Å². The Bertz CT molecular complexity index is 1050. The summed E-state index contributed by atoms with van der Waals surface area (Å²) in [5.41, 5.74) is 5.02. The molecule has 0 aliphatic carbocycles. The monoisotopic (exact) mass is 427 g/mol. The van der Waals surface area contributed by atoms with E-state index in [9.17, 15) is 4.79 Å². The first-order chi connectivity index (χ1) is 14.1. The van der Waals surface area contributed by atoms with Crippen LogP contribution in [0.5, 0.6) is 5.75 Å². The van der Waals surface area contributed by atoms with Crippen molar-refractivity contribution in [1.29, 1.82) is 0 Å². The third-order valence-electron chi connectivity index (χ3n) is 5.11. The normalized spacial score (nSPS) is 12.9. The van der Waals surface area contributed by atoms with Crippen LogP contribution in [-0.2, 0) is 17.9 Å². The van der Waals surface area contributed by atoms with Crippen LogP contribution in [0.2, 0.25) is 5.02 Å². The third kappa shape index (κ3) is 4.14. The van der Waals surface area contributed by atoms with Gasteiger partial charge in [-0.15, -0.1) is 11.6 Å². The molecule has 0 fully saturated rings. The third-order valence-corrected chi connectivity index (χ3v) is 5.50. The number of nitrogens with zero attached hydrogens (tertiary/aromatic N) is 2. The van der Waals surface area contributed by atoms with E-state index >= 15 is 0 Å². The lowest BCUT2D eigenvalue weighted by Gasteiger charge is -2.23. The SMILES string of the molecule is Cc1cc(Cl)ccc1OCC(=O)N1Cc2ccc([CH]CCl)n2Cc2ccccc21. The smallest absolute Gasteiger partial charge is 0.265 e. The van der Waals surface area contributed by atoms with Gasteiger partial charge >= 0.3 is 0 Å². The molecule has 0 unspecified atom stereocenters. The van der Waals surface area contributed by atoms with Crippen molar-refractivity contribution in [2.24, 2.45) is 0 Å². The standard InChI is InChI=1S/C23H21Cl2N2O2/c1-16-12-18(25)6-9-22(16)29-15-23(28)27-14-20-8-7-19(10-11-24)26(20)13-17-4-2-3-5-21(17)27/h2-10,12H,11,13-15H2,1H3. The first-order valence-corrected chi connectivity index (χ1v) is 10.3. The van der Waals surface area contributed by atoms with Crippen LogP contribution in [0.15, 0.2) is 54.6 Å². The van der Waals surface area contributed by atoms with Gasteiger partial charge < -0.3 is 14.2 Å². The van der Waals surface area contributed by atoms with E-state index in [1.165, 1.54) is 0 Å². The Labute approximate surface area is 180 Å². The number of rotatable bonds is 5. The maximum absolute atomic E-state index is 13.1. The molecule has 149 valence electrons. The van der Waals surface area contributed by atoms with Gasteiger partial charge in [-0.05, 0) is 54.4 Å². The number of amides is 1. The number of aryl methyl sites for hydroxylation is 1. The van der Waals surface area contributed by atoms with E-state index in [1.54, 1.807) is 17.0 Å². The van der Waals surface area contributed by atoms with Gasteiger partial charge in [-0.2, -0.15) is 0 Å². The van der Waals surface area contributed by atoms with E-state index in [0.717, 1.165) is 28.2 Å².